The molecule has 0 spiro atoms. The van der Waals surface area contributed by atoms with Crippen LogP contribution in [0.5, 0.6) is 0 Å². The van der Waals surface area contributed by atoms with Gasteiger partial charge in [-0.2, -0.15) is 16.7 Å². The molecule has 18 heavy (non-hydrogen) atoms. The summed E-state index contributed by atoms with van der Waals surface area (Å²) in [5.74, 6) is 3.29. The lowest BCUT2D eigenvalue weighted by molar-refractivity contribution is 0.425. The first-order valence-electron chi connectivity index (χ1n) is 6.02. The molecule has 0 atom stereocenters. The Bertz CT molecular complexity index is 481. The summed E-state index contributed by atoms with van der Waals surface area (Å²) in [7, 11) is 1.89. The van der Waals surface area contributed by atoms with Gasteiger partial charge in [0, 0.05) is 18.3 Å². The molecule has 2 rings (SSSR count). The van der Waals surface area contributed by atoms with E-state index in [-0.39, 0.29) is 0 Å². The standard InChI is InChI=1S/C13H17N3OS/c1-3-8-18-9-12-15-13(17-16-12)10-4-6-11(14-2)7-5-10/h4-7,14H,3,8-9H2,1-2H3. The van der Waals surface area contributed by atoms with E-state index in [1.165, 1.54) is 6.42 Å². The van der Waals surface area contributed by atoms with Crippen molar-refractivity contribution in [3.8, 4) is 11.5 Å². The monoisotopic (exact) mass is 263 g/mol. The fourth-order valence-corrected chi connectivity index (χ4v) is 2.25. The number of nitrogens with one attached hydrogen (secondary N) is 1. The number of aromatic nitrogens is 2. The van der Waals surface area contributed by atoms with Crippen molar-refractivity contribution in [3.63, 3.8) is 0 Å². The molecule has 1 aromatic heterocycles. The third kappa shape index (κ3) is 3.26. The molecule has 4 nitrogen and oxygen atoms in total. The summed E-state index contributed by atoms with van der Waals surface area (Å²) in [6.45, 7) is 2.16. The van der Waals surface area contributed by atoms with E-state index in [4.69, 9.17) is 4.52 Å². The Morgan fingerprint density at radius 1 is 1.28 bits per heavy atom. The maximum Gasteiger partial charge on any atom is 0.257 e. The van der Waals surface area contributed by atoms with Gasteiger partial charge in [-0.3, -0.25) is 0 Å². The maximum atomic E-state index is 5.26. The normalized spacial score (nSPS) is 10.6. The van der Waals surface area contributed by atoms with Crippen molar-refractivity contribution >= 4 is 17.4 Å². The largest absolute Gasteiger partial charge is 0.388 e. The highest BCUT2D eigenvalue weighted by Gasteiger charge is 2.08. The van der Waals surface area contributed by atoms with Gasteiger partial charge in [-0.05, 0) is 36.4 Å². The van der Waals surface area contributed by atoms with Gasteiger partial charge < -0.3 is 9.84 Å². The van der Waals surface area contributed by atoms with Crippen molar-refractivity contribution < 1.29 is 4.52 Å². The van der Waals surface area contributed by atoms with Crippen LogP contribution in [0.1, 0.15) is 19.2 Å². The van der Waals surface area contributed by atoms with Gasteiger partial charge in [0.2, 0.25) is 0 Å². The molecule has 1 N–H and O–H groups in total. The van der Waals surface area contributed by atoms with Crippen molar-refractivity contribution in [2.75, 3.05) is 18.1 Å². The Labute approximate surface area is 111 Å². The zero-order chi connectivity index (χ0) is 12.8. The fraction of sp³-hybridized carbons (Fsp3) is 0.385. The van der Waals surface area contributed by atoms with Gasteiger partial charge in [0.25, 0.3) is 5.89 Å². The summed E-state index contributed by atoms with van der Waals surface area (Å²) in [6.07, 6.45) is 1.17. The Hall–Kier alpha value is -1.49. The minimum atomic E-state index is 0.588. The van der Waals surface area contributed by atoms with Gasteiger partial charge in [-0.25, -0.2) is 0 Å². The molecule has 2 aromatic rings. The zero-order valence-corrected chi connectivity index (χ0v) is 11.5. The van der Waals surface area contributed by atoms with E-state index >= 15 is 0 Å². The highest BCUT2D eigenvalue weighted by atomic mass is 32.2. The lowest BCUT2D eigenvalue weighted by Gasteiger charge is -1.99. The number of rotatable bonds is 6. The average molecular weight is 263 g/mol. The van der Waals surface area contributed by atoms with Crippen LogP contribution in [-0.4, -0.2) is 22.9 Å². The second kappa shape index (κ2) is 6.44. The summed E-state index contributed by atoms with van der Waals surface area (Å²) >= 11 is 1.83. The minimum absolute atomic E-state index is 0.588. The topological polar surface area (TPSA) is 51.0 Å². The van der Waals surface area contributed by atoms with E-state index in [1.54, 1.807) is 0 Å². The van der Waals surface area contributed by atoms with Gasteiger partial charge in [-0.15, -0.1) is 0 Å². The molecule has 0 radical (unpaired) electrons. The molecule has 0 fully saturated rings. The summed E-state index contributed by atoms with van der Waals surface area (Å²) in [5.41, 5.74) is 2.02. The van der Waals surface area contributed by atoms with Gasteiger partial charge in [-0.1, -0.05) is 12.1 Å². The van der Waals surface area contributed by atoms with Crippen LogP contribution >= 0.6 is 11.8 Å². The Kier molecular flexibility index (Phi) is 4.64. The highest BCUT2D eigenvalue weighted by Crippen LogP contribution is 2.20. The number of thioether (sulfide) groups is 1. The number of anilines is 1. The lowest BCUT2D eigenvalue weighted by Crippen LogP contribution is -1.87. The van der Waals surface area contributed by atoms with Gasteiger partial charge >= 0.3 is 0 Å². The van der Waals surface area contributed by atoms with Gasteiger partial charge in [0.05, 0.1) is 5.75 Å². The van der Waals surface area contributed by atoms with Crippen molar-refractivity contribution in [1.82, 2.24) is 10.1 Å². The van der Waals surface area contributed by atoms with Gasteiger partial charge in [0.1, 0.15) is 0 Å². The SMILES string of the molecule is CCCSCc1noc(-c2ccc(NC)cc2)n1. The molecule has 5 heteroatoms. The molecule has 0 unspecified atom stereocenters. The molecular weight excluding hydrogens is 246 g/mol. The van der Waals surface area contributed by atoms with Crippen molar-refractivity contribution in [1.29, 1.82) is 0 Å². The van der Waals surface area contributed by atoms with Crippen LogP contribution in [0.25, 0.3) is 11.5 Å². The van der Waals surface area contributed by atoms with Crippen LogP contribution in [0.4, 0.5) is 5.69 Å². The van der Waals surface area contributed by atoms with Crippen LogP contribution in [0, 0.1) is 0 Å². The van der Waals surface area contributed by atoms with E-state index < -0.39 is 0 Å². The molecule has 0 aliphatic heterocycles. The first kappa shape index (κ1) is 13.0. The molecule has 0 bridgehead atoms. The predicted molar refractivity (Wildman–Crippen MR) is 75.7 cm³/mol. The lowest BCUT2D eigenvalue weighted by atomic mass is 10.2. The van der Waals surface area contributed by atoms with Crippen molar-refractivity contribution in [2.24, 2.45) is 0 Å². The van der Waals surface area contributed by atoms with E-state index in [0.717, 1.165) is 28.6 Å². The minimum Gasteiger partial charge on any atom is -0.388 e. The second-order valence-electron chi connectivity index (χ2n) is 3.90. The maximum absolute atomic E-state index is 5.26. The number of nitrogens with zero attached hydrogens (tertiary/aromatic N) is 2. The third-order valence-electron chi connectivity index (χ3n) is 2.47. The molecule has 1 heterocycles. The fourth-order valence-electron chi connectivity index (χ4n) is 1.52. The van der Waals surface area contributed by atoms with Crippen molar-refractivity contribution in [2.45, 2.75) is 19.1 Å². The molecule has 0 aliphatic rings. The van der Waals surface area contributed by atoms with Crippen LogP contribution in [0.2, 0.25) is 0 Å². The summed E-state index contributed by atoms with van der Waals surface area (Å²) in [6, 6.07) is 7.93. The second-order valence-corrected chi connectivity index (χ2v) is 5.00. The molecular formula is C13H17N3OS. The molecule has 1 aromatic carbocycles. The highest BCUT2D eigenvalue weighted by molar-refractivity contribution is 7.98. The first-order valence-corrected chi connectivity index (χ1v) is 7.17. The summed E-state index contributed by atoms with van der Waals surface area (Å²) in [5, 5.41) is 7.06. The quantitative estimate of drug-likeness (QED) is 0.809. The molecule has 96 valence electrons. The Morgan fingerprint density at radius 2 is 2.06 bits per heavy atom. The smallest absolute Gasteiger partial charge is 0.257 e. The summed E-state index contributed by atoms with van der Waals surface area (Å²) < 4.78 is 5.26. The van der Waals surface area contributed by atoms with Gasteiger partial charge in [0.15, 0.2) is 5.82 Å². The Morgan fingerprint density at radius 3 is 2.72 bits per heavy atom. The molecule has 0 amide bonds. The van der Waals surface area contributed by atoms with E-state index in [0.29, 0.717) is 5.89 Å². The van der Waals surface area contributed by atoms with Crippen LogP contribution in [0.3, 0.4) is 0 Å². The Balaban J connectivity index is 2.04. The third-order valence-corrected chi connectivity index (χ3v) is 3.63. The molecule has 0 aliphatic carbocycles. The first-order chi connectivity index (χ1) is 8.83. The number of hydrogen-bond acceptors (Lipinski definition) is 5. The molecule has 0 saturated carbocycles. The summed E-state index contributed by atoms with van der Waals surface area (Å²) in [4.78, 5) is 4.39. The van der Waals surface area contributed by atoms with Crippen LogP contribution in [0.15, 0.2) is 28.8 Å². The van der Waals surface area contributed by atoms with Crippen LogP contribution in [-0.2, 0) is 5.75 Å². The number of hydrogen-bond donors (Lipinski definition) is 1. The van der Waals surface area contributed by atoms with Crippen molar-refractivity contribution in [3.05, 3.63) is 30.1 Å². The van der Waals surface area contributed by atoms with E-state index in [2.05, 4.69) is 22.4 Å². The predicted octanol–water partition coefficient (Wildman–Crippen LogP) is 3.42. The number of benzene rings is 1. The van der Waals surface area contributed by atoms with E-state index in [9.17, 15) is 0 Å². The van der Waals surface area contributed by atoms with E-state index in [1.807, 2.05) is 43.1 Å². The van der Waals surface area contributed by atoms with Crippen LogP contribution < -0.4 is 5.32 Å². The zero-order valence-electron chi connectivity index (χ0n) is 10.6. The molecule has 0 saturated heterocycles. The average Bonchev–Trinajstić information content (AvgIpc) is 2.88.